The van der Waals surface area contributed by atoms with E-state index in [2.05, 4.69) is 5.32 Å². The summed E-state index contributed by atoms with van der Waals surface area (Å²) in [7, 11) is 0. The van der Waals surface area contributed by atoms with Gasteiger partial charge in [-0.3, -0.25) is 4.79 Å². The van der Waals surface area contributed by atoms with Crippen molar-refractivity contribution in [1.29, 1.82) is 5.26 Å². The number of halogens is 2. The predicted molar refractivity (Wildman–Crippen MR) is 67.6 cm³/mol. The molecule has 4 nitrogen and oxygen atoms in total. The number of carbonyl (C=O) groups excluding carboxylic acids is 1. The lowest BCUT2D eigenvalue weighted by Gasteiger charge is -2.15. The molecule has 0 aliphatic carbocycles. The molecular formula is C12H13ClFN3O. The number of carbonyl (C=O) groups is 1. The van der Waals surface area contributed by atoms with E-state index in [9.17, 15) is 9.18 Å². The maximum atomic E-state index is 13.3. The van der Waals surface area contributed by atoms with Crippen LogP contribution in [-0.4, -0.2) is 11.9 Å². The molecule has 1 aromatic rings. The topological polar surface area (TPSA) is 78.9 Å². The average Bonchev–Trinajstić information content (AvgIpc) is 2.32. The van der Waals surface area contributed by atoms with E-state index in [-0.39, 0.29) is 28.7 Å². The first kappa shape index (κ1) is 14.3. The number of hydrogen-bond acceptors (Lipinski definition) is 3. The van der Waals surface area contributed by atoms with Crippen LogP contribution in [0.3, 0.4) is 0 Å². The zero-order valence-electron chi connectivity index (χ0n) is 9.84. The van der Waals surface area contributed by atoms with Gasteiger partial charge in [-0.05, 0) is 18.6 Å². The predicted octanol–water partition coefficient (Wildman–Crippen LogP) is 2.48. The van der Waals surface area contributed by atoms with Crippen LogP contribution in [0.5, 0.6) is 0 Å². The molecule has 3 N–H and O–H groups in total. The molecule has 0 fully saturated rings. The number of hydrogen-bond donors (Lipinski definition) is 2. The maximum Gasteiger partial charge on any atom is 0.253 e. The fourth-order valence-electron chi connectivity index (χ4n) is 1.44. The van der Waals surface area contributed by atoms with Crippen molar-refractivity contribution >= 4 is 23.2 Å². The Labute approximate surface area is 110 Å². The number of nitrogen functional groups attached to an aromatic ring is 1. The van der Waals surface area contributed by atoms with Gasteiger partial charge in [0, 0.05) is 11.1 Å². The second-order valence-corrected chi connectivity index (χ2v) is 4.23. The summed E-state index contributed by atoms with van der Waals surface area (Å²) in [5.74, 6) is -1.27. The Balaban J connectivity index is 2.94. The molecule has 0 aliphatic heterocycles. The van der Waals surface area contributed by atoms with E-state index in [0.717, 1.165) is 6.07 Å². The zero-order chi connectivity index (χ0) is 13.7. The second kappa shape index (κ2) is 6.22. The molecule has 1 amide bonds. The minimum Gasteiger partial charge on any atom is -0.396 e. The van der Waals surface area contributed by atoms with E-state index in [1.807, 2.05) is 13.0 Å². The molecule has 0 aromatic heterocycles. The fraction of sp³-hybridized carbons (Fsp3) is 0.333. The average molecular weight is 270 g/mol. The highest BCUT2D eigenvalue weighted by atomic mass is 35.5. The number of anilines is 1. The van der Waals surface area contributed by atoms with Gasteiger partial charge < -0.3 is 11.1 Å². The normalized spacial score (nSPS) is 11.7. The highest BCUT2D eigenvalue weighted by Crippen LogP contribution is 2.22. The van der Waals surface area contributed by atoms with Crippen molar-refractivity contribution in [1.82, 2.24) is 5.32 Å². The summed E-state index contributed by atoms with van der Waals surface area (Å²) in [6, 6.07) is 4.02. The molecule has 0 spiro atoms. The summed E-state index contributed by atoms with van der Waals surface area (Å²) in [5, 5.41) is 11.3. The monoisotopic (exact) mass is 269 g/mol. The number of nitrogens with one attached hydrogen (secondary N) is 1. The third kappa shape index (κ3) is 3.34. The van der Waals surface area contributed by atoms with Crippen LogP contribution in [-0.2, 0) is 0 Å². The minimum atomic E-state index is -0.735. The van der Waals surface area contributed by atoms with E-state index >= 15 is 0 Å². The van der Waals surface area contributed by atoms with Gasteiger partial charge in [-0.1, -0.05) is 18.5 Å². The number of benzene rings is 1. The second-order valence-electron chi connectivity index (χ2n) is 3.79. The number of amides is 1. The first-order valence-electron chi connectivity index (χ1n) is 5.41. The molecule has 96 valence electrons. The van der Waals surface area contributed by atoms with Crippen molar-refractivity contribution < 1.29 is 9.18 Å². The molecule has 6 heteroatoms. The maximum absolute atomic E-state index is 13.3. The van der Waals surface area contributed by atoms with Gasteiger partial charge in [-0.15, -0.1) is 0 Å². The lowest BCUT2D eigenvalue weighted by Crippen LogP contribution is -2.34. The molecule has 1 aromatic carbocycles. The number of nitriles is 1. The van der Waals surface area contributed by atoms with E-state index in [4.69, 9.17) is 22.6 Å². The zero-order valence-corrected chi connectivity index (χ0v) is 10.6. The highest BCUT2D eigenvalue weighted by Gasteiger charge is 2.17. The van der Waals surface area contributed by atoms with E-state index in [1.54, 1.807) is 0 Å². The largest absolute Gasteiger partial charge is 0.396 e. The number of nitrogens with zero attached hydrogens (tertiary/aromatic N) is 1. The van der Waals surface area contributed by atoms with Crippen LogP contribution < -0.4 is 11.1 Å². The van der Waals surface area contributed by atoms with Crippen molar-refractivity contribution in [2.24, 2.45) is 0 Å². The van der Waals surface area contributed by atoms with Gasteiger partial charge in [0.15, 0.2) is 0 Å². The van der Waals surface area contributed by atoms with Gasteiger partial charge in [0.1, 0.15) is 5.82 Å². The fourth-order valence-corrected chi connectivity index (χ4v) is 1.65. The van der Waals surface area contributed by atoms with Gasteiger partial charge in [-0.2, -0.15) is 5.26 Å². The minimum absolute atomic E-state index is 0.0172. The summed E-state index contributed by atoms with van der Waals surface area (Å²) in [6.07, 6.45) is 0.785. The Hall–Kier alpha value is -1.80. The van der Waals surface area contributed by atoms with Gasteiger partial charge in [0.05, 0.1) is 23.7 Å². The molecule has 1 atom stereocenters. The Morgan fingerprint density at radius 2 is 2.33 bits per heavy atom. The molecule has 0 aliphatic rings. The van der Waals surface area contributed by atoms with Gasteiger partial charge in [0.25, 0.3) is 5.91 Å². The van der Waals surface area contributed by atoms with Crippen LogP contribution in [0.15, 0.2) is 12.1 Å². The van der Waals surface area contributed by atoms with Crippen molar-refractivity contribution in [3.05, 3.63) is 28.5 Å². The first-order chi connectivity index (χ1) is 8.49. The summed E-state index contributed by atoms with van der Waals surface area (Å²) in [5.41, 5.74) is 5.22. The molecule has 0 saturated carbocycles. The van der Waals surface area contributed by atoms with Crippen LogP contribution in [0.2, 0.25) is 5.02 Å². The van der Waals surface area contributed by atoms with E-state index in [1.165, 1.54) is 6.07 Å². The smallest absolute Gasteiger partial charge is 0.253 e. The number of rotatable bonds is 4. The van der Waals surface area contributed by atoms with Crippen LogP contribution in [0.25, 0.3) is 0 Å². The van der Waals surface area contributed by atoms with Crippen LogP contribution in [0.4, 0.5) is 10.1 Å². The molecule has 0 unspecified atom stereocenters. The summed E-state index contributed by atoms with van der Waals surface area (Å²) < 4.78 is 13.3. The lowest BCUT2D eigenvalue weighted by atomic mass is 10.1. The summed E-state index contributed by atoms with van der Waals surface area (Å²) in [4.78, 5) is 11.9. The SMILES string of the molecule is CC[C@H](CC#N)NC(=O)c1cc(Cl)cc(F)c1N. The quantitative estimate of drug-likeness (QED) is 0.824. The lowest BCUT2D eigenvalue weighted by molar-refractivity contribution is 0.0937. The molecule has 1 rings (SSSR count). The first-order valence-corrected chi connectivity index (χ1v) is 5.79. The van der Waals surface area contributed by atoms with Crippen molar-refractivity contribution in [2.75, 3.05) is 5.73 Å². The van der Waals surface area contributed by atoms with Gasteiger partial charge in [0.2, 0.25) is 0 Å². The third-order valence-electron chi connectivity index (χ3n) is 2.50. The summed E-state index contributed by atoms with van der Waals surface area (Å²) >= 11 is 5.67. The molecule has 0 heterocycles. The third-order valence-corrected chi connectivity index (χ3v) is 2.72. The standard InChI is InChI=1S/C12H13ClFN3O/c1-2-8(3-4-15)17-12(18)9-5-7(13)6-10(14)11(9)16/h5-6,8H,2-3,16H2,1H3,(H,17,18)/t8-/m1/s1. The Morgan fingerprint density at radius 1 is 1.67 bits per heavy atom. The van der Waals surface area contributed by atoms with E-state index < -0.39 is 11.7 Å². The summed E-state index contributed by atoms with van der Waals surface area (Å²) in [6.45, 7) is 1.84. The van der Waals surface area contributed by atoms with Gasteiger partial charge >= 0.3 is 0 Å². The van der Waals surface area contributed by atoms with Crippen LogP contribution in [0, 0.1) is 17.1 Å². The van der Waals surface area contributed by atoms with Crippen molar-refractivity contribution in [2.45, 2.75) is 25.8 Å². The van der Waals surface area contributed by atoms with Crippen molar-refractivity contribution in [3.8, 4) is 6.07 Å². The molecule has 0 saturated heterocycles. The van der Waals surface area contributed by atoms with Gasteiger partial charge in [-0.25, -0.2) is 4.39 Å². The van der Waals surface area contributed by atoms with E-state index in [0.29, 0.717) is 6.42 Å². The van der Waals surface area contributed by atoms with Crippen molar-refractivity contribution in [3.63, 3.8) is 0 Å². The van der Waals surface area contributed by atoms with Crippen LogP contribution in [0.1, 0.15) is 30.1 Å². The Bertz CT molecular complexity index is 499. The van der Waals surface area contributed by atoms with Crippen LogP contribution >= 0.6 is 11.6 Å². The molecular weight excluding hydrogens is 257 g/mol. The highest BCUT2D eigenvalue weighted by molar-refractivity contribution is 6.31. The molecule has 18 heavy (non-hydrogen) atoms. The Kier molecular flexibility index (Phi) is 4.93. The number of nitrogens with two attached hydrogens (primary N) is 1. The molecule has 0 bridgehead atoms. The molecule has 0 radical (unpaired) electrons. The Morgan fingerprint density at radius 3 is 2.89 bits per heavy atom.